The summed E-state index contributed by atoms with van der Waals surface area (Å²) in [6.45, 7) is 0. The standard InChI is InChI=1S/C21H31N9O6S/c1-37-3-2-14(21(35)36)28-19(33)15(5-12-8-25-10-27-12)30-20(34)16(6-17(23)31)29-18(32)13(22)4-11-7-24-9-26-11/h7-10,13-16H,2-6,22H2,1H3,(H2,23,31)(H,24,26)(H,25,27)(H,28,33)(H,29,32)(H,30,34)(H,35,36). The largest absolute Gasteiger partial charge is 0.480 e. The fourth-order valence-electron chi connectivity index (χ4n) is 3.28. The second-order valence-electron chi connectivity index (χ2n) is 8.14. The molecule has 4 atom stereocenters. The van der Waals surface area contributed by atoms with Crippen molar-refractivity contribution in [2.24, 2.45) is 11.5 Å². The van der Waals surface area contributed by atoms with E-state index < -0.39 is 60.2 Å². The third kappa shape index (κ3) is 9.92. The number of nitrogens with one attached hydrogen (secondary N) is 5. The Kier molecular flexibility index (Phi) is 11.6. The lowest BCUT2D eigenvalue weighted by Crippen LogP contribution is -2.58. The zero-order chi connectivity index (χ0) is 27.4. The van der Waals surface area contributed by atoms with Crippen molar-refractivity contribution in [1.29, 1.82) is 0 Å². The number of carbonyl (C=O) groups is 5. The normalized spacial score (nSPS) is 14.1. The molecule has 0 aliphatic carbocycles. The van der Waals surface area contributed by atoms with Crippen LogP contribution in [0.25, 0.3) is 0 Å². The van der Waals surface area contributed by atoms with E-state index in [1.807, 2.05) is 0 Å². The molecule has 0 bridgehead atoms. The first-order valence-corrected chi connectivity index (χ1v) is 12.6. The lowest BCUT2D eigenvalue weighted by atomic mass is 10.1. The second kappa shape index (κ2) is 14.6. The summed E-state index contributed by atoms with van der Waals surface area (Å²) < 4.78 is 0. The number of amides is 4. The van der Waals surface area contributed by atoms with Gasteiger partial charge in [0, 0.05) is 36.6 Å². The molecule has 4 amide bonds. The number of thioether (sulfide) groups is 1. The molecule has 37 heavy (non-hydrogen) atoms. The smallest absolute Gasteiger partial charge is 0.326 e. The number of nitrogens with zero attached hydrogens (tertiary/aromatic N) is 2. The molecule has 0 aromatic carbocycles. The molecule has 0 aliphatic heterocycles. The number of aromatic nitrogens is 4. The molecule has 2 aromatic rings. The highest BCUT2D eigenvalue weighted by Gasteiger charge is 2.31. The Morgan fingerprint density at radius 3 is 1.97 bits per heavy atom. The van der Waals surface area contributed by atoms with Gasteiger partial charge in [0.1, 0.15) is 18.1 Å². The van der Waals surface area contributed by atoms with Gasteiger partial charge in [-0.15, -0.1) is 0 Å². The summed E-state index contributed by atoms with van der Waals surface area (Å²) in [7, 11) is 0. The van der Waals surface area contributed by atoms with E-state index in [-0.39, 0.29) is 19.3 Å². The first-order valence-electron chi connectivity index (χ1n) is 11.2. The highest BCUT2D eigenvalue weighted by Crippen LogP contribution is 2.06. The van der Waals surface area contributed by atoms with Crippen LogP contribution in [0.3, 0.4) is 0 Å². The summed E-state index contributed by atoms with van der Waals surface area (Å²) in [5.74, 6) is -3.98. The summed E-state index contributed by atoms with van der Waals surface area (Å²) in [5.41, 5.74) is 12.2. The molecule has 202 valence electrons. The van der Waals surface area contributed by atoms with E-state index in [0.717, 1.165) is 0 Å². The molecular weight excluding hydrogens is 506 g/mol. The molecule has 16 heteroatoms. The quantitative estimate of drug-likeness (QED) is 0.111. The molecule has 2 heterocycles. The van der Waals surface area contributed by atoms with Crippen LogP contribution in [0.4, 0.5) is 0 Å². The topological polar surface area (TPSA) is 251 Å². The number of carboxylic acids is 1. The van der Waals surface area contributed by atoms with Crippen LogP contribution in [-0.2, 0) is 36.8 Å². The summed E-state index contributed by atoms with van der Waals surface area (Å²) in [4.78, 5) is 75.2. The van der Waals surface area contributed by atoms with Crippen molar-refractivity contribution in [1.82, 2.24) is 35.9 Å². The average Bonchev–Trinajstić information content (AvgIpc) is 3.54. The lowest BCUT2D eigenvalue weighted by molar-refractivity contribution is -0.142. The van der Waals surface area contributed by atoms with Crippen LogP contribution >= 0.6 is 11.8 Å². The summed E-state index contributed by atoms with van der Waals surface area (Å²) in [5, 5.41) is 16.7. The van der Waals surface area contributed by atoms with Gasteiger partial charge in [0.05, 0.1) is 25.1 Å². The van der Waals surface area contributed by atoms with Crippen molar-refractivity contribution < 1.29 is 29.1 Å². The third-order valence-electron chi connectivity index (χ3n) is 5.21. The molecule has 0 aliphatic rings. The molecule has 15 nitrogen and oxygen atoms in total. The minimum Gasteiger partial charge on any atom is -0.480 e. The van der Waals surface area contributed by atoms with Gasteiger partial charge in [-0.2, -0.15) is 11.8 Å². The van der Waals surface area contributed by atoms with Gasteiger partial charge in [0.15, 0.2) is 0 Å². The van der Waals surface area contributed by atoms with E-state index in [1.165, 1.54) is 36.8 Å². The summed E-state index contributed by atoms with van der Waals surface area (Å²) >= 11 is 1.42. The molecule has 4 unspecified atom stereocenters. The predicted molar refractivity (Wildman–Crippen MR) is 133 cm³/mol. The van der Waals surface area contributed by atoms with E-state index in [9.17, 15) is 29.1 Å². The SMILES string of the molecule is CSCCC(NC(=O)C(Cc1cnc[nH]1)NC(=O)C(CC(N)=O)NC(=O)C(N)Cc1cnc[nH]1)C(=O)O. The number of carboxylic acid groups (broad SMARTS) is 1. The van der Waals surface area contributed by atoms with Crippen molar-refractivity contribution in [2.45, 2.75) is 49.9 Å². The van der Waals surface area contributed by atoms with Crippen molar-refractivity contribution >= 4 is 41.4 Å². The molecule has 0 saturated carbocycles. The third-order valence-corrected chi connectivity index (χ3v) is 5.85. The highest BCUT2D eigenvalue weighted by atomic mass is 32.2. The number of rotatable bonds is 16. The molecule has 0 saturated heterocycles. The number of carbonyl (C=O) groups excluding carboxylic acids is 4. The first-order chi connectivity index (χ1) is 17.6. The van der Waals surface area contributed by atoms with E-state index >= 15 is 0 Å². The number of hydrogen-bond donors (Lipinski definition) is 8. The Labute approximate surface area is 216 Å². The molecule has 2 aromatic heterocycles. The number of aromatic amines is 2. The van der Waals surface area contributed by atoms with Crippen molar-refractivity contribution in [3.8, 4) is 0 Å². The number of primary amides is 1. The Bertz CT molecular complexity index is 1050. The lowest BCUT2D eigenvalue weighted by Gasteiger charge is -2.24. The highest BCUT2D eigenvalue weighted by molar-refractivity contribution is 7.98. The molecular formula is C21H31N9O6S. The van der Waals surface area contributed by atoms with Crippen LogP contribution in [0, 0.1) is 0 Å². The van der Waals surface area contributed by atoms with E-state index in [0.29, 0.717) is 17.1 Å². The van der Waals surface area contributed by atoms with Crippen LogP contribution in [-0.4, -0.2) is 90.8 Å². The van der Waals surface area contributed by atoms with Gasteiger partial charge in [-0.05, 0) is 18.4 Å². The van der Waals surface area contributed by atoms with Crippen LogP contribution < -0.4 is 27.4 Å². The molecule has 10 N–H and O–H groups in total. The van der Waals surface area contributed by atoms with Crippen LogP contribution in [0.15, 0.2) is 25.0 Å². The van der Waals surface area contributed by atoms with Crippen molar-refractivity contribution in [3.05, 3.63) is 36.4 Å². The monoisotopic (exact) mass is 537 g/mol. The van der Waals surface area contributed by atoms with E-state index in [2.05, 4.69) is 35.9 Å². The predicted octanol–water partition coefficient (Wildman–Crippen LogP) is -2.59. The number of hydrogen-bond acceptors (Lipinski definition) is 9. The van der Waals surface area contributed by atoms with Gasteiger partial charge in [0.2, 0.25) is 23.6 Å². The number of nitrogens with two attached hydrogens (primary N) is 2. The van der Waals surface area contributed by atoms with Gasteiger partial charge in [-0.1, -0.05) is 0 Å². The number of H-pyrrole nitrogens is 2. The Balaban J connectivity index is 2.15. The number of imidazole rings is 2. The van der Waals surface area contributed by atoms with Crippen LogP contribution in [0.1, 0.15) is 24.2 Å². The second-order valence-corrected chi connectivity index (χ2v) is 9.13. The minimum absolute atomic E-state index is 0.0665. The van der Waals surface area contributed by atoms with Gasteiger partial charge in [-0.3, -0.25) is 19.2 Å². The van der Waals surface area contributed by atoms with Gasteiger partial charge in [-0.25, -0.2) is 14.8 Å². The maximum atomic E-state index is 13.1. The van der Waals surface area contributed by atoms with E-state index in [4.69, 9.17) is 11.5 Å². The average molecular weight is 538 g/mol. The van der Waals surface area contributed by atoms with Gasteiger partial charge >= 0.3 is 5.97 Å². The van der Waals surface area contributed by atoms with Crippen LogP contribution in [0.5, 0.6) is 0 Å². The summed E-state index contributed by atoms with van der Waals surface area (Å²) in [6, 6.07) is -4.93. The van der Waals surface area contributed by atoms with Crippen molar-refractivity contribution in [2.75, 3.05) is 12.0 Å². The Morgan fingerprint density at radius 2 is 1.46 bits per heavy atom. The minimum atomic E-state index is -1.43. The number of aliphatic carboxylic acids is 1. The Hall–Kier alpha value is -3.92. The zero-order valence-corrected chi connectivity index (χ0v) is 20.9. The molecule has 2 rings (SSSR count). The zero-order valence-electron chi connectivity index (χ0n) is 20.1. The molecule has 0 spiro atoms. The van der Waals surface area contributed by atoms with Gasteiger partial charge < -0.3 is 42.5 Å². The Morgan fingerprint density at radius 1 is 0.919 bits per heavy atom. The summed E-state index contributed by atoms with van der Waals surface area (Å²) in [6.07, 6.45) is 7.16. The first kappa shape index (κ1) is 29.3. The fourth-order valence-corrected chi connectivity index (χ4v) is 3.75. The molecule has 0 radical (unpaired) electrons. The maximum Gasteiger partial charge on any atom is 0.326 e. The maximum absolute atomic E-state index is 13.1. The van der Waals surface area contributed by atoms with Gasteiger partial charge in [0.25, 0.3) is 0 Å². The van der Waals surface area contributed by atoms with Crippen LogP contribution in [0.2, 0.25) is 0 Å². The molecule has 0 fully saturated rings. The van der Waals surface area contributed by atoms with E-state index in [1.54, 1.807) is 6.26 Å². The fraction of sp³-hybridized carbons (Fsp3) is 0.476. The van der Waals surface area contributed by atoms with Crippen molar-refractivity contribution in [3.63, 3.8) is 0 Å².